The number of primary amides is 1. The molecule has 1 aromatic carbocycles. The topological polar surface area (TPSA) is 72.3 Å². The fourth-order valence-corrected chi connectivity index (χ4v) is 4.87. The third-order valence-electron chi connectivity index (χ3n) is 5.33. The Morgan fingerprint density at radius 3 is 2.68 bits per heavy atom. The largest absolute Gasteiger partial charge is 0.398 e. The number of carbonyl (C=O) groups is 1. The van der Waals surface area contributed by atoms with Crippen LogP contribution in [0.3, 0.4) is 0 Å². The van der Waals surface area contributed by atoms with Gasteiger partial charge < -0.3 is 11.5 Å². The molecule has 0 aromatic heterocycles. The van der Waals surface area contributed by atoms with Crippen molar-refractivity contribution in [3.63, 3.8) is 0 Å². The summed E-state index contributed by atoms with van der Waals surface area (Å²) in [6.07, 6.45) is 3.83. The normalized spacial score (nSPS) is 30.4. The molecule has 1 amide bonds. The van der Waals surface area contributed by atoms with Gasteiger partial charge in [0.2, 0.25) is 5.91 Å². The number of fused-ring (bicyclic) bond motifs is 2. The van der Waals surface area contributed by atoms with E-state index in [0.29, 0.717) is 28.1 Å². The molecular weight excluding hydrogens is 274 g/mol. The first-order valence-corrected chi connectivity index (χ1v) is 8.10. The molecule has 3 rings (SSSR count). The first-order valence-electron chi connectivity index (χ1n) is 8.10. The van der Waals surface area contributed by atoms with Crippen LogP contribution in [0.5, 0.6) is 0 Å². The number of carbonyl (C=O) groups excluding carboxylic acids is 1. The van der Waals surface area contributed by atoms with Gasteiger partial charge in [-0.1, -0.05) is 26.8 Å². The first kappa shape index (κ1) is 15.3. The van der Waals surface area contributed by atoms with Gasteiger partial charge in [0, 0.05) is 30.4 Å². The van der Waals surface area contributed by atoms with Crippen LogP contribution in [-0.4, -0.2) is 23.4 Å². The van der Waals surface area contributed by atoms with Crippen LogP contribution >= 0.6 is 0 Å². The van der Waals surface area contributed by atoms with E-state index in [1.807, 2.05) is 6.07 Å². The van der Waals surface area contributed by atoms with Gasteiger partial charge in [0.25, 0.3) is 0 Å². The van der Waals surface area contributed by atoms with Crippen molar-refractivity contribution >= 4 is 11.6 Å². The monoisotopic (exact) mass is 301 g/mol. The number of nitrogens with zero attached hydrogens (tertiary/aromatic N) is 1. The van der Waals surface area contributed by atoms with Gasteiger partial charge in [0.15, 0.2) is 0 Å². The lowest BCUT2D eigenvalue weighted by Gasteiger charge is -2.40. The van der Waals surface area contributed by atoms with E-state index in [4.69, 9.17) is 11.5 Å². The molecule has 4 N–H and O–H groups in total. The number of hydrogen-bond donors (Lipinski definition) is 2. The second-order valence-electron chi connectivity index (χ2n) is 8.40. The minimum absolute atomic E-state index is 0.424. The number of amides is 1. The summed E-state index contributed by atoms with van der Waals surface area (Å²) in [5.41, 5.74) is 14.5. The maximum Gasteiger partial charge on any atom is 0.248 e. The Balaban J connectivity index is 1.79. The van der Waals surface area contributed by atoms with E-state index in [-0.39, 0.29) is 0 Å². The highest BCUT2D eigenvalue weighted by atomic mass is 16.1. The van der Waals surface area contributed by atoms with Gasteiger partial charge in [-0.05, 0) is 47.8 Å². The quantitative estimate of drug-likeness (QED) is 0.843. The van der Waals surface area contributed by atoms with Gasteiger partial charge in [-0.25, -0.2) is 0 Å². The van der Waals surface area contributed by atoms with Crippen LogP contribution in [0, 0.1) is 10.8 Å². The lowest BCUT2D eigenvalue weighted by molar-refractivity contribution is 0.1000. The summed E-state index contributed by atoms with van der Waals surface area (Å²) in [7, 11) is 0. The van der Waals surface area contributed by atoms with Crippen LogP contribution in [0.2, 0.25) is 0 Å². The minimum Gasteiger partial charge on any atom is -0.398 e. The highest BCUT2D eigenvalue weighted by Gasteiger charge is 2.49. The Morgan fingerprint density at radius 2 is 2.05 bits per heavy atom. The molecule has 2 atom stereocenters. The molecular formula is C18H27N3O. The second kappa shape index (κ2) is 4.98. The smallest absolute Gasteiger partial charge is 0.248 e. The average molecular weight is 301 g/mol. The van der Waals surface area contributed by atoms with Gasteiger partial charge in [-0.3, -0.25) is 9.69 Å². The minimum atomic E-state index is -0.426. The van der Waals surface area contributed by atoms with Crippen molar-refractivity contribution in [3.05, 3.63) is 29.3 Å². The molecule has 2 aliphatic rings. The summed E-state index contributed by atoms with van der Waals surface area (Å²) in [5.74, 6) is -0.426. The molecule has 1 saturated carbocycles. The van der Waals surface area contributed by atoms with Crippen molar-refractivity contribution in [2.75, 3.05) is 12.3 Å². The molecule has 4 nitrogen and oxygen atoms in total. The summed E-state index contributed by atoms with van der Waals surface area (Å²) in [6, 6.07) is 6.07. The Labute approximate surface area is 132 Å². The summed E-state index contributed by atoms with van der Waals surface area (Å²) in [6.45, 7) is 9.19. The van der Waals surface area contributed by atoms with E-state index in [0.717, 1.165) is 18.7 Å². The maximum atomic E-state index is 11.2. The van der Waals surface area contributed by atoms with Crippen molar-refractivity contribution in [3.8, 4) is 0 Å². The van der Waals surface area contributed by atoms with Gasteiger partial charge in [-0.15, -0.1) is 0 Å². The summed E-state index contributed by atoms with van der Waals surface area (Å²) in [4.78, 5) is 13.8. The van der Waals surface area contributed by atoms with Crippen LogP contribution in [-0.2, 0) is 6.54 Å². The Hall–Kier alpha value is -1.55. The maximum absolute atomic E-state index is 11.2. The first-order chi connectivity index (χ1) is 10.2. The SMILES string of the molecule is CC1(C)CC2CC(C)(CN2Cc2ccc(C(N)=O)cc2N)C1. The summed E-state index contributed by atoms with van der Waals surface area (Å²) >= 11 is 0. The summed E-state index contributed by atoms with van der Waals surface area (Å²) in [5, 5.41) is 0. The number of nitrogen functional groups attached to an aromatic ring is 1. The fraction of sp³-hybridized carbons (Fsp3) is 0.611. The molecule has 0 radical (unpaired) electrons. The molecule has 1 aromatic rings. The molecule has 4 heteroatoms. The van der Waals surface area contributed by atoms with E-state index in [1.165, 1.54) is 19.3 Å². The van der Waals surface area contributed by atoms with E-state index in [2.05, 4.69) is 25.7 Å². The molecule has 2 unspecified atom stereocenters. The van der Waals surface area contributed by atoms with Crippen LogP contribution in [0.25, 0.3) is 0 Å². The van der Waals surface area contributed by atoms with E-state index >= 15 is 0 Å². The van der Waals surface area contributed by atoms with Crippen LogP contribution in [0.1, 0.15) is 56.0 Å². The van der Waals surface area contributed by atoms with Gasteiger partial charge in [0.05, 0.1) is 0 Å². The Bertz CT molecular complexity index is 610. The van der Waals surface area contributed by atoms with Crippen molar-refractivity contribution in [2.24, 2.45) is 16.6 Å². The zero-order chi connectivity index (χ0) is 16.1. The van der Waals surface area contributed by atoms with Crippen molar-refractivity contribution in [1.82, 2.24) is 4.90 Å². The predicted octanol–water partition coefficient (Wildman–Crippen LogP) is 2.77. The highest BCUT2D eigenvalue weighted by molar-refractivity contribution is 5.93. The van der Waals surface area contributed by atoms with Crippen LogP contribution in [0.15, 0.2) is 18.2 Å². The van der Waals surface area contributed by atoms with Crippen molar-refractivity contribution in [1.29, 1.82) is 0 Å². The number of benzene rings is 1. The van der Waals surface area contributed by atoms with E-state index in [9.17, 15) is 4.79 Å². The van der Waals surface area contributed by atoms with Gasteiger partial charge in [-0.2, -0.15) is 0 Å². The number of likely N-dealkylation sites (tertiary alicyclic amines) is 1. The zero-order valence-electron chi connectivity index (χ0n) is 13.9. The zero-order valence-corrected chi connectivity index (χ0v) is 13.9. The molecule has 22 heavy (non-hydrogen) atoms. The van der Waals surface area contributed by atoms with Crippen LogP contribution in [0.4, 0.5) is 5.69 Å². The molecule has 2 fully saturated rings. The third-order valence-corrected chi connectivity index (χ3v) is 5.33. The van der Waals surface area contributed by atoms with Gasteiger partial charge in [0.1, 0.15) is 0 Å². The standard InChI is InChI=1S/C18H27N3O/c1-17(2)7-14-8-18(3,10-17)11-21(14)9-13-5-4-12(16(20)22)6-15(13)19/h4-6,14H,7-11,19H2,1-3H3,(H2,20,22). The number of hydrogen-bond acceptors (Lipinski definition) is 3. The molecule has 2 bridgehead atoms. The molecule has 1 aliphatic heterocycles. The average Bonchev–Trinajstić information content (AvgIpc) is 2.60. The molecule has 1 aliphatic carbocycles. The lowest BCUT2D eigenvalue weighted by Crippen LogP contribution is -2.34. The van der Waals surface area contributed by atoms with Gasteiger partial charge >= 0.3 is 0 Å². The predicted molar refractivity (Wildman–Crippen MR) is 89.3 cm³/mol. The summed E-state index contributed by atoms with van der Waals surface area (Å²) < 4.78 is 0. The molecule has 0 spiro atoms. The van der Waals surface area contributed by atoms with Crippen molar-refractivity contribution < 1.29 is 4.79 Å². The Morgan fingerprint density at radius 1 is 1.32 bits per heavy atom. The molecule has 1 saturated heterocycles. The molecule has 120 valence electrons. The van der Waals surface area contributed by atoms with Crippen molar-refractivity contribution in [2.45, 2.75) is 52.6 Å². The fourth-order valence-electron chi connectivity index (χ4n) is 4.87. The van der Waals surface area contributed by atoms with E-state index < -0.39 is 5.91 Å². The number of rotatable bonds is 3. The van der Waals surface area contributed by atoms with E-state index in [1.54, 1.807) is 12.1 Å². The highest BCUT2D eigenvalue weighted by Crippen LogP contribution is 2.52. The lowest BCUT2D eigenvalue weighted by atomic mass is 9.65. The number of nitrogens with two attached hydrogens (primary N) is 2. The number of anilines is 1. The Kier molecular flexibility index (Phi) is 3.48. The molecule has 1 heterocycles. The second-order valence-corrected chi connectivity index (χ2v) is 8.40. The van der Waals surface area contributed by atoms with Crippen LogP contribution < -0.4 is 11.5 Å². The third kappa shape index (κ3) is 2.84.